The minimum atomic E-state index is -1.80. The van der Waals surface area contributed by atoms with Crippen molar-refractivity contribution in [3.05, 3.63) is 0 Å². The van der Waals surface area contributed by atoms with Gasteiger partial charge in [-0.05, 0) is 6.92 Å². The fourth-order valence-electron chi connectivity index (χ4n) is 0.659. The standard InChI is InChI=1S/C8H12O5/c1-2-3-5(10)7(12)8(13)6(11)4-9/h5-6,8-11,13H,4H2,1H3/t5?,6-,8+/m1/s1. The molecule has 0 aromatic heterocycles. The molecule has 0 aliphatic heterocycles. The lowest BCUT2D eigenvalue weighted by Crippen LogP contribution is -2.41. The van der Waals surface area contributed by atoms with Gasteiger partial charge < -0.3 is 20.4 Å². The van der Waals surface area contributed by atoms with E-state index in [9.17, 15) is 4.79 Å². The Balaban J connectivity index is 4.30. The number of carbonyl (C=O) groups is 1. The van der Waals surface area contributed by atoms with Gasteiger partial charge in [0, 0.05) is 0 Å². The smallest absolute Gasteiger partial charge is 0.204 e. The maximum Gasteiger partial charge on any atom is 0.204 e. The largest absolute Gasteiger partial charge is 0.394 e. The van der Waals surface area contributed by atoms with Crippen LogP contribution < -0.4 is 0 Å². The van der Waals surface area contributed by atoms with Crippen LogP contribution in [0.5, 0.6) is 0 Å². The van der Waals surface area contributed by atoms with Crippen molar-refractivity contribution in [3.63, 3.8) is 0 Å². The third-order valence-corrected chi connectivity index (χ3v) is 1.39. The summed E-state index contributed by atoms with van der Waals surface area (Å²) in [4.78, 5) is 11.0. The quantitative estimate of drug-likeness (QED) is 0.370. The number of carbonyl (C=O) groups excluding carboxylic acids is 1. The van der Waals surface area contributed by atoms with Gasteiger partial charge in [0.25, 0.3) is 0 Å². The second-order valence-corrected chi connectivity index (χ2v) is 2.39. The minimum absolute atomic E-state index is 0.751. The molecular formula is C8H12O5. The van der Waals surface area contributed by atoms with Gasteiger partial charge in [0.15, 0.2) is 6.10 Å². The Morgan fingerprint density at radius 3 is 2.31 bits per heavy atom. The van der Waals surface area contributed by atoms with Crippen LogP contribution in [0.4, 0.5) is 0 Å². The lowest BCUT2D eigenvalue weighted by atomic mass is 10.1. The Morgan fingerprint density at radius 1 is 1.38 bits per heavy atom. The van der Waals surface area contributed by atoms with Gasteiger partial charge >= 0.3 is 0 Å². The molecule has 0 saturated heterocycles. The van der Waals surface area contributed by atoms with Crippen molar-refractivity contribution in [1.82, 2.24) is 0 Å². The predicted octanol–water partition coefficient (Wildman–Crippen LogP) is -2.35. The van der Waals surface area contributed by atoms with Crippen molar-refractivity contribution < 1.29 is 25.2 Å². The predicted molar refractivity (Wildman–Crippen MR) is 43.6 cm³/mol. The van der Waals surface area contributed by atoms with E-state index in [1.54, 1.807) is 0 Å². The third kappa shape index (κ3) is 3.53. The molecule has 4 N–H and O–H groups in total. The number of hydrogen-bond acceptors (Lipinski definition) is 5. The van der Waals surface area contributed by atoms with Crippen molar-refractivity contribution in [2.45, 2.75) is 25.2 Å². The van der Waals surface area contributed by atoms with Crippen molar-refractivity contribution in [2.24, 2.45) is 0 Å². The molecular weight excluding hydrogens is 176 g/mol. The van der Waals surface area contributed by atoms with Gasteiger partial charge in [-0.1, -0.05) is 5.92 Å². The molecule has 0 spiro atoms. The molecule has 0 saturated carbocycles. The van der Waals surface area contributed by atoms with Crippen LogP contribution in [0.1, 0.15) is 6.92 Å². The van der Waals surface area contributed by atoms with Crippen LogP contribution >= 0.6 is 0 Å². The fourth-order valence-corrected chi connectivity index (χ4v) is 0.659. The zero-order valence-corrected chi connectivity index (χ0v) is 7.14. The Bertz CT molecular complexity index is 226. The molecule has 0 aliphatic rings. The first-order valence-corrected chi connectivity index (χ1v) is 3.65. The summed E-state index contributed by atoms with van der Waals surface area (Å²) in [5.74, 6) is 3.37. The Kier molecular flexibility index (Phi) is 5.26. The average molecular weight is 188 g/mol. The molecule has 0 aromatic carbocycles. The highest BCUT2D eigenvalue weighted by Gasteiger charge is 2.27. The van der Waals surface area contributed by atoms with E-state index in [2.05, 4.69) is 11.8 Å². The SMILES string of the molecule is CC#CC(O)C(=O)[C@@H](O)[C@H](O)CO. The second-order valence-electron chi connectivity index (χ2n) is 2.39. The van der Waals surface area contributed by atoms with Gasteiger partial charge in [0.2, 0.25) is 5.78 Å². The van der Waals surface area contributed by atoms with E-state index in [-0.39, 0.29) is 0 Å². The number of aliphatic hydroxyl groups is 4. The Morgan fingerprint density at radius 2 is 1.92 bits per heavy atom. The molecule has 0 fully saturated rings. The second kappa shape index (κ2) is 5.67. The van der Waals surface area contributed by atoms with Crippen molar-refractivity contribution >= 4 is 5.78 Å². The summed E-state index contributed by atoms with van der Waals surface area (Å²) >= 11 is 0. The summed E-state index contributed by atoms with van der Waals surface area (Å²) < 4.78 is 0. The topological polar surface area (TPSA) is 98.0 Å². The van der Waals surface area contributed by atoms with E-state index in [0.29, 0.717) is 0 Å². The van der Waals surface area contributed by atoms with Crippen molar-refractivity contribution in [3.8, 4) is 11.8 Å². The third-order valence-electron chi connectivity index (χ3n) is 1.39. The monoisotopic (exact) mass is 188 g/mol. The lowest BCUT2D eigenvalue weighted by Gasteiger charge is -2.14. The number of rotatable bonds is 4. The molecule has 0 rings (SSSR count). The summed E-state index contributed by atoms with van der Waals surface area (Å²) in [5.41, 5.74) is 0. The van der Waals surface area contributed by atoms with Gasteiger partial charge in [-0.15, -0.1) is 5.92 Å². The molecule has 5 nitrogen and oxygen atoms in total. The number of ketones is 1. The molecule has 74 valence electrons. The molecule has 1 unspecified atom stereocenters. The van der Waals surface area contributed by atoms with Crippen LogP contribution in [0.2, 0.25) is 0 Å². The summed E-state index contributed by atoms with van der Waals surface area (Å²) in [6.45, 7) is 0.671. The first-order valence-electron chi connectivity index (χ1n) is 3.65. The molecule has 0 amide bonds. The van der Waals surface area contributed by atoms with Gasteiger partial charge in [0.05, 0.1) is 6.61 Å². The molecule has 13 heavy (non-hydrogen) atoms. The van der Waals surface area contributed by atoms with Crippen LogP contribution in [0.3, 0.4) is 0 Å². The number of Topliss-reactive ketones (excluding diaryl/α,β-unsaturated/α-hetero) is 1. The maximum absolute atomic E-state index is 11.0. The highest BCUT2D eigenvalue weighted by Crippen LogP contribution is 1.98. The van der Waals surface area contributed by atoms with Crippen LogP contribution in [0.15, 0.2) is 0 Å². The Labute approximate surface area is 75.6 Å². The van der Waals surface area contributed by atoms with Crippen LogP contribution in [-0.2, 0) is 4.79 Å². The first-order chi connectivity index (χ1) is 6.04. The Hall–Kier alpha value is -0.930. The molecule has 3 atom stereocenters. The maximum atomic E-state index is 11.0. The zero-order valence-electron chi connectivity index (χ0n) is 7.14. The lowest BCUT2D eigenvalue weighted by molar-refractivity contribution is -0.140. The molecule has 0 heterocycles. The van der Waals surface area contributed by atoms with Gasteiger partial charge in [-0.2, -0.15) is 0 Å². The van der Waals surface area contributed by atoms with E-state index in [1.165, 1.54) is 6.92 Å². The molecule has 5 heteroatoms. The van der Waals surface area contributed by atoms with E-state index < -0.39 is 30.7 Å². The highest BCUT2D eigenvalue weighted by atomic mass is 16.4. The number of aliphatic hydroxyl groups excluding tert-OH is 4. The summed E-state index contributed by atoms with van der Waals surface area (Å²) in [6.07, 6.45) is -5.01. The van der Waals surface area contributed by atoms with Crippen LogP contribution in [0.25, 0.3) is 0 Å². The van der Waals surface area contributed by atoms with Crippen molar-refractivity contribution in [2.75, 3.05) is 6.61 Å². The fraction of sp³-hybridized carbons (Fsp3) is 0.625. The summed E-state index contributed by atoms with van der Waals surface area (Å²) in [5, 5.41) is 35.2. The highest BCUT2D eigenvalue weighted by molar-refractivity contribution is 5.90. The van der Waals surface area contributed by atoms with Gasteiger partial charge in [-0.25, -0.2) is 0 Å². The van der Waals surface area contributed by atoms with E-state index in [1.807, 2.05) is 0 Å². The van der Waals surface area contributed by atoms with Crippen LogP contribution in [-0.4, -0.2) is 51.1 Å². The van der Waals surface area contributed by atoms with E-state index >= 15 is 0 Å². The first kappa shape index (κ1) is 12.1. The normalized spacial score (nSPS) is 16.7. The molecule has 0 radical (unpaired) electrons. The molecule has 0 bridgehead atoms. The average Bonchev–Trinajstić information content (AvgIpc) is 2.14. The molecule has 0 aromatic rings. The van der Waals surface area contributed by atoms with Crippen molar-refractivity contribution in [1.29, 1.82) is 0 Å². The zero-order chi connectivity index (χ0) is 10.4. The summed E-state index contributed by atoms with van der Waals surface area (Å²) in [6, 6.07) is 0. The summed E-state index contributed by atoms with van der Waals surface area (Å²) in [7, 11) is 0. The van der Waals surface area contributed by atoms with E-state index in [4.69, 9.17) is 20.4 Å². The van der Waals surface area contributed by atoms with E-state index in [0.717, 1.165) is 0 Å². The van der Waals surface area contributed by atoms with Gasteiger partial charge in [0.1, 0.15) is 12.2 Å². The molecule has 0 aliphatic carbocycles. The minimum Gasteiger partial charge on any atom is -0.394 e. The number of hydrogen-bond donors (Lipinski definition) is 4. The van der Waals surface area contributed by atoms with Gasteiger partial charge in [-0.3, -0.25) is 4.79 Å². The van der Waals surface area contributed by atoms with Crippen LogP contribution in [0, 0.1) is 11.8 Å².